The zero-order valence-corrected chi connectivity index (χ0v) is 41.4. The topological polar surface area (TPSA) is 131 Å². The van der Waals surface area contributed by atoms with E-state index in [1.807, 2.05) is 65.1 Å². The van der Waals surface area contributed by atoms with E-state index in [1.165, 1.54) is 72.7 Å². The summed E-state index contributed by atoms with van der Waals surface area (Å²) in [5, 5.41) is 25.8. The second-order valence-electron chi connectivity index (χ2n) is 18.9. The van der Waals surface area contributed by atoms with Crippen LogP contribution in [0.1, 0.15) is 91.5 Å². The Morgan fingerprint density at radius 1 is 0.638 bits per heavy atom. The van der Waals surface area contributed by atoms with Crippen LogP contribution >= 0.6 is 45.3 Å². The predicted molar refractivity (Wildman–Crippen MR) is 287 cm³/mol. The van der Waals surface area contributed by atoms with Crippen molar-refractivity contribution in [2.45, 2.75) is 51.6 Å². The Kier molecular flexibility index (Phi) is 9.79. The van der Waals surface area contributed by atoms with Crippen LogP contribution in [-0.4, -0.2) is 43.8 Å². The van der Waals surface area contributed by atoms with Crippen molar-refractivity contribution in [1.82, 2.24) is 5.32 Å². The third kappa shape index (κ3) is 6.22. The van der Waals surface area contributed by atoms with E-state index in [9.17, 15) is 20.1 Å². The first kappa shape index (κ1) is 43.1. The van der Waals surface area contributed by atoms with Crippen LogP contribution in [0.2, 0.25) is 0 Å². The van der Waals surface area contributed by atoms with Crippen molar-refractivity contribution >= 4 is 117 Å². The third-order valence-corrected chi connectivity index (χ3v) is 19.0. The van der Waals surface area contributed by atoms with Crippen LogP contribution in [0.5, 0.6) is 0 Å². The Hall–Kier alpha value is -7.19. The SMILES string of the molecule is C=NC/C(C#N)=C1/C(=NCc2cc3cc4c(cc3s2)-c2sc3c5c(sc3c2C4(C)C)-c2cc3sc(CN/C=C4\C(=O)c6ccccc6\C4=C(\C#N)CN=C)cc3cc2C5(C)C)C(=O)c2ccccc21. The molecule has 334 valence electrons. The summed E-state index contributed by atoms with van der Waals surface area (Å²) in [7, 11) is 0. The van der Waals surface area contributed by atoms with Crippen LogP contribution in [-0.2, 0) is 23.9 Å². The Morgan fingerprint density at radius 2 is 1.13 bits per heavy atom. The number of carbonyl (C=O) groups excluding carboxylic acids is 2. The van der Waals surface area contributed by atoms with E-state index in [0.29, 0.717) is 57.8 Å². The Balaban J connectivity index is 0.851. The number of nitriles is 2. The average Bonchev–Trinajstić information content (AvgIpc) is 4.22. The van der Waals surface area contributed by atoms with Gasteiger partial charge in [-0.1, -0.05) is 76.2 Å². The second kappa shape index (κ2) is 15.7. The number of Topliss-reactive ketones (excluding diaryl/α,β-unsaturated/α-hetero) is 2. The molecule has 0 spiro atoms. The molecule has 0 saturated carbocycles. The van der Waals surface area contributed by atoms with Gasteiger partial charge in [0.25, 0.3) is 0 Å². The largest absolute Gasteiger partial charge is 0.385 e. The fraction of sp³-hybridized carbons (Fsp3) is 0.175. The van der Waals surface area contributed by atoms with Gasteiger partial charge in [-0.3, -0.25) is 24.6 Å². The maximum absolute atomic E-state index is 13.6. The molecule has 0 saturated heterocycles. The predicted octanol–water partition coefficient (Wildman–Crippen LogP) is 13.7. The van der Waals surface area contributed by atoms with E-state index in [-0.39, 0.29) is 35.5 Å². The molecule has 4 aromatic carbocycles. The Morgan fingerprint density at radius 3 is 1.68 bits per heavy atom. The number of rotatable bonds is 9. The zero-order valence-electron chi connectivity index (χ0n) is 38.1. The quantitative estimate of drug-likeness (QED) is 0.0874. The zero-order chi connectivity index (χ0) is 47.7. The molecule has 8 aromatic rings. The molecule has 0 unspecified atom stereocenters. The molecular weight excluding hydrogens is 929 g/mol. The molecule has 4 aromatic heterocycles. The summed E-state index contributed by atoms with van der Waals surface area (Å²) in [6.07, 6.45) is 1.76. The van der Waals surface area contributed by atoms with Gasteiger partial charge < -0.3 is 5.32 Å². The molecule has 12 rings (SSSR count). The normalized spacial score (nSPS) is 18.3. The first-order valence-electron chi connectivity index (χ1n) is 22.5. The van der Waals surface area contributed by atoms with Gasteiger partial charge in [0.05, 0.1) is 52.3 Å². The van der Waals surface area contributed by atoms with Gasteiger partial charge in [-0.25, -0.2) is 0 Å². The minimum absolute atomic E-state index is 0.102. The highest BCUT2D eigenvalue weighted by molar-refractivity contribution is 7.32. The molecule has 8 nitrogen and oxygen atoms in total. The molecule has 69 heavy (non-hydrogen) atoms. The standard InChI is InChI=1S/C57H40N6O2S4/c1-56(2)41-17-28-15-32(25-62-27-40-45(30(21-58)23-60-5)34-11-7-9-13-36(34)50(40)64)66-43(28)19-38(41)52-47(56)54-55(68-52)48-53(69-54)39-20-44-29(18-42(39)57(48,3)4)16-33(67-44)26-63-49-46(31(22-59)24-61-6)35-12-8-10-14-37(35)51(49)65/h7-20,27,62H,5-6,23-26H2,1-4H3/b40-27-,45-30+,46-31+,63-49?. The summed E-state index contributed by atoms with van der Waals surface area (Å²) in [6.45, 7) is 17.8. The van der Waals surface area contributed by atoms with Crippen molar-refractivity contribution in [2.24, 2.45) is 15.0 Å². The molecule has 4 heterocycles. The average molecular weight is 969 g/mol. The summed E-state index contributed by atoms with van der Waals surface area (Å²) < 4.78 is 5.19. The van der Waals surface area contributed by atoms with Gasteiger partial charge in [-0.2, -0.15) is 10.5 Å². The smallest absolute Gasteiger partial charge is 0.212 e. The fourth-order valence-corrected chi connectivity index (χ4v) is 16.7. The van der Waals surface area contributed by atoms with E-state index in [2.05, 4.69) is 105 Å². The highest BCUT2D eigenvalue weighted by Crippen LogP contribution is 2.64. The number of thiophene rings is 4. The maximum Gasteiger partial charge on any atom is 0.212 e. The van der Waals surface area contributed by atoms with Crippen molar-refractivity contribution in [3.05, 3.63) is 162 Å². The van der Waals surface area contributed by atoms with E-state index in [1.54, 1.807) is 34.9 Å². The summed E-state index contributed by atoms with van der Waals surface area (Å²) in [5.74, 6) is -0.266. The first-order chi connectivity index (χ1) is 33.4. The maximum atomic E-state index is 13.6. The lowest BCUT2D eigenvalue weighted by Gasteiger charge is -2.22. The van der Waals surface area contributed by atoms with Gasteiger partial charge in [-0.05, 0) is 105 Å². The first-order valence-corrected chi connectivity index (χ1v) is 25.8. The van der Waals surface area contributed by atoms with Gasteiger partial charge in [0.15, 0.2) is 5.78 Å². The summed E-state index contributed by atoms with van der Waals surface area (Å²) in [6, 6.07) is 33.3. The molecule has 4 aliphatic carbocycles. The monoisotopic (exact) mass is 968 g/mol. The molecule has 0 atom stereocenters. The molecule has 0 bridgehead atoms. The third-order valence-electron chi connectivity index (χ3n) is 14.2. The number of benzene rings is 4. The number of aliphatic imine (C=N–C) groups is 3. The van der Waals surface area contributed by atoms with Crippen molar-refractivity contribution in [3.63, 3.8) is 0 Å². The van der Waals surface area contributed by atoms with Crippen LogP contribution in [0.15, 0.2) is 123 Å². The summed E-state index contributed by atoms with van der Waals surface area (Å²) in [5.41, 5.74) is 13.2. The number of ketones is 2. The molecule has 0 radical (unpaired) electrons. The minimum Gasteiger partial charge on any atom is -0.385 e. The highest BCUT2D eigenvalue weighted by Gasteiger charge is 2.45. The van der Waals surface area contributed by atoms with E-state index in [4.69, 9.17) is 4.99 Å². The molecule has 12 heteroatoms. The van der Waals surface area contributed by atoms with Crippen LogP contribution in [0.3, 0.4) is 0 Å². The number of nitrogens with one attached hydrogen (secondary N) is 1. The number of hydrogen-bond acceptors (Lipinski definition) is 12. The number of nitrogens with zero attached hydrogens (tertiary/aromatic N) is 5. The summed E-state index contributed by atoms with van der Waals surface area (Å²) in [4.78, 5) is 44.9. The molecule has 4 aliphatic rings. The molecule has 0 amide bonds. The molecule has 0 fully saturated rings. The second-order valence-corrected chi connectivity index (χ2v) is 23.2. The minimum atomic E-state index is -0.213. The van der Waals surface area contributed by atoms with E-state index >= 15 is 0 Å². The van der Waals surface area contributed by atoms with Gasteiger partial charge in [0.2, 0.25) is 5.78 Å². The molecule has 1 N–H and O–H groups in total. The van der Waals surface area contributed by atoms with Crippen molar-refractivity contribution in [3.8, 4) is 33.0 Å². The number of carbonyl (C=O) groups is 2. The summed E-state index contributed by atoms with van der Waals surface area (Å²) >= 11 is 7.36. The van der Waals surface area contributed by atoms with E-state index < -0.39 is 0 Å². The van der Waals surface area contributed by atoms with Crippen LogP contribution in [0.4, 0.5) is 0 Å². The van der Waals surface area contributed by atoms with Gasteiger partial charge in [0.1, 0.15) is 5.71 Å². The fourth-order valence-electron chi connectivity index (χ4n) is 11.0. The van der Waals surface area contributed by atoms with Crippen LogP contribution in [0, 0.1) is 22.7 Å². The highest BCUT2D eigenvalue weighted by atomic mass is 32.1. The Labute approximate surface area is 414 Å². The van der Waals surface area contributed by atoms with Gasteiger partial charge in [-0.15, -0.1) is 45.3 Å². The van der Waals surface area contributed by atoms with Crippen molar-refractivity contribution in [1.29, 1.82) is 10.5 Å². The molecular formula is C57H40N6O2S4. The number of fused-ring (bicyclic) bond motifs is 13. The van der Waals surface area contributed by atoms with Crippen molar-refractivity contribution in [2.75, 3.05) is 13.1 Å². The molecule has 0 aliphatic heterocycles. The van der Waals surface area contributed by atoms with Gasteiger partial charge >= 0.3 is 0 Å². The van der Waals surface area contributed by atoms with Crippen LogP contribution < -0.4 is 5.32 Å². The van der Waals surface area contributed by atoms with E-state index in [0.717, 1.165) is 20.9 Å². The lowest BCUT2D eigenvalue weighted by molar-refractivity contribution is 0.104. The number of hydrogen-bond donors (Lipinski definition) is 1. The van der Waals surface area contributed by atoms with Crippen LogP contribution in [0.25, 0.3) is 61.6 Å². The van der Waals surface area contributed by atoms with Gasteiger partial charge in [0, 0.05) is 80.3 Å². The Bertz CT molecular complexity index is 3940. The number of allylic oxidation sites excluding steroid dienone is 3. The lowest BCUT2D eigenvalue weighted by atomic mass is 9.81. The van der Waals surface area contributed by atoms with Crippen molar-refractivity contribution < 1.29 is 9.59 Å². The lowest BCUT2D eigenvalue weighted by Crippen LogP contribution is -2.15.